The van der Waals surface area contributed by atoms with Crippen LogP contribution >= 0.6 is 0 Å². The summed E-state index contributed by atoms with van der Waals surface area (Å²) in [6.07, 6.45) is 0.234. The summed E-state index contributed by atoms with van der Waals surface area (Å²) in [5.41, 5.74) is 1.04. The standard InChI is InChI=1S/C15H21NO4/c1-11(2)10-20-15(19)16-13(14(17)18)9-8-12-6-4-3-5-7-12/h3-7,11,13H,8-10H2,1-2H3,(H,16,19)(H,17,18). The van der Waals surface area contributed by atoms with Gasteiger partial charge in [0.15, 0.2) is 0 Å². The molecule has 0 radical (unpaired) electrons. The third kappa shape index (κ3) is 6.22. The number of benzene rings is 1. The van der Waals surface area contributed by atoms with Crippen LogP contribution in [0.5, 0.6) is 0 Å². The molecular weight excluding hydrogens is 258 g/mol. The van der Waals surface area contributed by atoms with E-state index in [0.29, 0.717) is 12.8 Å². The lowest BCUT2D eigenvalue weighted by molar-refractivity contribution is -0.139. The fraction of sp³-hybridized carbons (Fsp3) is 0.467. The maximum atomic E-state index is 11.5. The van der Waals surface area contributed by atoms with Gasteiger partial charge in [0.1, 0.15) is 6.04 Å². The molecule has 1 amide bonds. The Labute approximate surface area is 118 Å². The second kappa shape index (κ2) is 8.19. The number of carbonyl (C=O) groups is 2. The molecule has 0 fully saturated rings. The van der Waals surface area contributed by atoms with E-state index in [4.69, 9.17) is 9.84 Å². The summed E-state index contributed by atoms with van der Waals surface area (Å²) in [6.45, 7) is 4.10. The van der Waals surface area contributed by atoms with Crippen LogP contribution < -0.4 is 5.32 Å². The molecule has 0 aliphatic carbocycles. The van der Waals surface area contributed by atoms with E-state index in [1.165, 1.54) is 0 Å². The van der Waals surface area contributed by atoms with Gasteiger partial charge in [0.2, 0.25) is 0 Å². The number of aryl methyl sites for hydroxylation is 1. The zero-order valence-corrected chi connectivity index (χ0v) is 11.8. The molecular formula is C15H21NO4. The number of rotatable bonds is 7. The summed E-state index contributed by atoms with van der Waals surface area (Å²) in [5.74, 6) is -0.837. The molecule has 5 nitrogen and oxygen atoms in total. The highest BCUT2D eigenvalue weighted by atomic mass is 16.5. The number of aliphatic carboxylic acids is 1. The average Bonchev–Trinajstić information content (AvgIpc) is 2.42. The van der Waals surface area contributed by atoms with Crippen molar-refractivity contribution in [2.45, 2.75) is 32.7 Å². The number of amides is 1. The highest BCUT2D eigenvalue weighted by molar-refractivity contribution is 5.79. The predicted molar refractivity (Wildman–Crippen MR) is 75.5 cm³/mol. The minimum atomic E-state index is -1.05. The van der Waals surface area contributed by atoms with Crippen molar-refractivity contribution in [2.24, 2.45) is 5.92 Å². The molecule has 1 aromatic carbocycles. The van der Waals surface area contributed by atoms with Crippen LogP contribution in [0.25, 0.3) is 0 Å². The van der Waals surface area contributed by atoms with Gasteiger partial charge in [0, 0.05) is 0 Å². The highest BCUT2D eigenvalue weighted by Crippen LogP contribution is 2.06. The Morgan fingerprint density at radius 1 is 1.25 bits per heavy atom. The van der Waals surface area contributed by atoms with Gasteiger partial charge in [-0.05, 0) is 24.3 Å². The largest absolute Gasteiger partial charge is 0.480 e. The number of nitrogens with one attached hydrogen (secondary N) is 1. The molecule has 1 unspecified atom stereocenters. The molecule has 1 atom stereocenters. The summed E-state index contributed by atoms with van der Waals surface area (Å²) in [5, 5.41) is 11.5. The molecule has 0 aromatic heterocycles. The first kappa shape index (κ1) is 16.0. The lowest BCUT2D eigenvalue weighted by atomic mass is 10.1. The quantitative estimate of drug-likeness (QED) is 0.804. The highest BCUT2D eigenvalue weighted by Gasteiger charge is 2.20. The van der Waals surface area contributed by atoms with E-state index in [1.807, 2.05) is 44.2 Å². The number of alkyl carbamates (subject to hydrolysis) is 1. The number of carboxylic acid groups (broad SMARTS) is 1. The average molecular weight is 279 g/mol. The van der Waals surface area contributed by atoms with Crippen molar-refractivity contribution in [3.8, 4) is 0 Å². The van der Waals surface area contributed by atoms with Gasteiger partial charge in [0.25, 0.3) is 0 Å². The molecule has 5 heteroatoms. The van der Waals surface area contributed by atoms with Crippen LogP contribution in [0.15, 0.2) is 30.3 Å². The van der Waals surface area contributed by atoms with E-state index < -0.39 is 18.1 Å². The molecule has 2 N–H and O–H groups in total. The van der Waals surface area contributed by atoms with E-state index in [0.717, 1.165) is 5.56 Å². The molecule has 1 rings (SSSR count). The minimum absolute atomic E-state index is 0.216. The molecule has 0 heterocycles. The first-order chi connectivity index (χ1) is 9.49. The van der Waals surface area contributed by atoms with Gasteiger partial charge >= 0.3 is 12.1 Å². The van der Waals surface area contributed by atoms with Crippen LogP contribution in [0.3, 0.4) is 0 Å². The van der Waals surface area contributed by atoms with E-state index in [9.17, 15) is 9.59 Å². The summed E-state index contributed by atoms with van der Waals surface area (Å²) < 4.78 is 4.92. The van der Waals surface area contributed by atoms with Crippen LogP contribution in [0.4, 0.5) is 4.79 Å². The Morgan fingerprint density at radius 2 is 1.90 bits per heavy atom. The number of hydrogen-bond acceptors (Lipinski definition) is 3. The fourth-order valence-corrected chi connectivity index (χ4v) is 1.64. The normalized spacial score (nSPS) is 11.9. The SMILES string of the molecule is CC(C)COC(=O)NC(CCc1ccccc1)C(=O)O. The van der Waals surface area contributed by atoms with Gasteiger partial charge in [-0.15, -0.1) is 0 Å². The zero-order chi connectivity index (χ0) is 15.0. The van der Waals surface area contributed by atoms with Crippen molar-refractivity contribution in [2.75, 3.05) is 6.61 Å². The van der Waals surface area contributed by atoms with Crippen molar-refractivity contribution < 1.29 is 19.4 Å². The first-order valence-corrected chi connectivity index (χ1v) is 6.69. The number of carbonyl (C=O) groups excluding carboxylic acids is 1. The molecule has 20 heavy (non-hydrogen) atoms. The van der Waals surface area contributed by atoms with Gasteiger partial charge in [-0.3, -0.25) is 0 Å². The van der Waals surface area contributed by atoms with Crippen molar-refractivity contribution in [3.05, 3.63) is 35.9 Å². The maximum Gasteiger partial charge on any atom is 0.407 e. The van der Waals surface area contributed by atoms with Gasteiger partial charge < -0.3 is 15.2 Å². The molecule has 0 aliphatic rings. The lowest BCUT2D eigenvalue weighted by Gasteiger charge is -2.15. The smallest absolute Gasteiger partial charge is 0.407 e. The van der Waals surface area contributed by atoms with Crippen molar-refractivity contribution >= 4 is 12.1 Å². The van der Waals surface area contributed by atoms with E-state index in [1.54, 1.807) is 0 Å². The summed E-state index contributed by atoms with van der Waals surface area (Å²) in [7, 11) is 0. The molecule has 1 aromatic rings. The number of carboxylic acids is 1. The molecule has 0 spiro atoms. The Hall–Kier alpha value is -2.04. The summed E-state index contributed by atoms with van der Waals surface area (Å²) in [4.78, 5) is 22.6. The van der Waals surface area contributed by atoms with Crippen LogP contribution in [0.2, 0.25) is 0 Å². The van der Waals surface area contributed by atoms with E-state index >= 15 is 0 Å². The van der Waals surface area contributed by atoms with Crippen LogP contribution in [-0.4, -0.2) is 29.8 Å². The molecule has 0 saturated heterocycles. The van der Waals surface area contributed by atoms with Gasteiger partial charge in [-0.2, -0.15) is 0 Å². The lowest BCUT2D eigenvalue weighted by Crippen LogP contribution is -2.41. The topological polar surface area (TPSA) is 75.6 Å². The Balaban J connectivity index is 2.44. The van der Waals surface area contributed by atoms with Gasteiger partial charge in [-0.1, -0.05) is 44.2 Å². The monoisotopic (exact) mass is 279 g/mol. The second-order valence-electron chi connectivity index (χ2n) is 5.05. The van der Waals surface area contributed by atoms with E-state index in [-0.39, 0.29) is 12.5 Å². The van der Waals surface area contributed by atoms with Crippen molar-refractivity contribution in [1.82, 2.24) is 5.32 Å². The Morgan fingerprint density at radius 3 is 2.45 bits per heavy atom. The Bertz CT molecular complexity index is 431. The molecule has 110 valence electrons. The number of hydrogen-bond donors (Lipinski definition) is 2. The zero-order valence-electron chi connectivity index (χ0n) is 11.8. The third-order valence-corrected chi connectivity index (χ3v) is 2.70. The minimum Gasteiger partial charge on any atom is -0.480 e. The maximum absolute atomic E-state index is 11.5. The van der Waals surface area contributed by atoms with Crippen LogP contribution in [0.1, 0.15) is 25.8 Å². The molecule has 0 aliphatic heterocycles. The Kier molecular flexibility index (Phi) is 6.56. The molecule has 0 saturated carbocycles. The first-order valence-electron chi connectivity index (χ1n) is 6.69. The molecule has 0 bridgehead atoms. The van der Waals surface area contributed by atoms with Crippen molar-refractivity contribution in [3.63, 3.8) is 0 Å². The summed E-state index contributed by atoms with van der Waals surface area (Å²) >= 11 is 0. The fourth-order valence-electron chi connectivity index (χ4n) is 1.64. The summed E-state index contributed by atoms with van der Waals surface area (Å²) in [6, 6.07) is 8.62. The van der Waals surface area contributed by atoms with Crippen LogP contribution in [0, 0.1) is 5.92 Å². The van der Waals surface area contributed by atoms with Gasteiger partial charge in [0.05, 0.1) is 6.61 Å². The number of ether oxygens (including phenoxy) is 1. The second-order valence-corrected chi connectivity index (χ2v) is 5.05. The predicted octanol–water partition coefficient (Wildman–Crippen LogP) is 2.45. The van der Waals surface area contributed by atoms with Gasteiger partial charge in [-0.25, -0.2) is 9.59 Å². The van der Waals surface area contributed by atoms with Crippen molar-refractivity contribution in [1.29, 1.82) is 0 Å². The van der Waals surface area contributed by atoms with Crippen LogP contribution in [-0.2, 0) is 16.0 Å². The van der Waals surface area contributed by atoms with E-state index in [2.05, 4.69) is 5.32 Å². The third-order valence-electron chi connectivity index (χ3n) is 2.70.